The zero-order chi connectivity index (χ0) is 18.9. The highest BCUT2D eigenvalue weighted by atomic mass is 32.2. The zero-order valence-corrected chi connectivity index (χ0v) is 16.3. The molecule has 138 valence electrons. The maximum Gasteiger partial charge on any atom is 0.276 e. The van der Waals surface area contributed by atoms with E-state index in [4.69, 9.17) is 0 Å². The van der Waals surface area contributed by atoms with Crippen molar-refractivity contribution in [3.8, 4) is 11.8 Å². The van der Waals surface area contributed by atoms with Gasteiger partial charge >= 0.3 is 0 Å². The van der Waals surface area contributed by atoms with Gasteiger partial charge in [0.1, 0.15) is 0 Å². The molecule has 0 spiro atoms. The molecule has 0 aromatic heterocycles. The second-order valence-electron chi connectivity index (χ2n) is 5.94. The first-order valence-electron chi connectivity index (χ1n) is 8.67. The molecular weight excluding hydrogens is 336 g/mol. The third-order valence-corrected chi connectivity index (χ3v) is 5.13. The average molecular weight is 365 g/mol. The topological polar surface area (TPSA) is 78.8 Å². The number of hydrogen-bond acceptors (Lipinski definition) is 4. The fraction of sp³-hybridized carbons (Fsp3) is 0.526. The van der Waals surface area contributed by atoms with Gasteiger partial charge in [-0.2, -0.15) is 18.4 Å². The Morgan fingerprint density at radius 2 is 1.88 bits per heavy atom. The van der Waals surface area contributed by atoms with Crippen molar-refractivity contribution in [1.29, 1.82) is 0 Å². The molecule has 1 unspecified atom stereocenters. The number of rotatable bonds is 8. The number of nitrogens with zero attached hydrogens (tertiary/aromatic N) is 1. The molecule has 6 heteroatoms. The minimum absolute atomic E-state index is 0.131. The van der Waals surface area contributed by atoms with E-state index in [0.29, 0.717) is 25.0 Å². The van der Waals surface area contributed by atoms with Crippen LogP contribution in [0.1, 0.15) is 58.4 Å². The summed E-state index contributed by atoms with van der Waals surface area (Å²) in [5, 5.41) is 14.7. The van der Waals surface area contributed by atoms with Crippen LogP contribution in [0, 0.1) is 18.8 Å². The number of sulfonamides is 1. The third kappa shape index (κ3) is 6.18. The fourth-order valence-corrected chi connectivity index (χ4v) is 3.02. The van der Waals surface area contributed by atoms with Gasteiger partial charge in [-0.3, -0.25) is 0 Å². The van der Waals surface area contributed by atoms with Crippen molar-refractivity contribution in [1.82, 2.24) is 4.83 Å². The largest absolute Gasteiger partial charge is 0.372 e. The molecule has 5 nitrogen and oxygen atoms in total. The van der Waals surface area contributed by atoms with Crippen molar-refractivity contribution in [3.05, 3.63) is 29.8 Å². The van der Waals surface area contributed by atoms with Crippen molar-refractivity contribution < 1.29 is 13.5 Å². The van der Waals surface area contributed by atoms with Crippen LogP contribution in [0.4, 0.5) is 0 Å². The predicted molar refractivity (Wildman–Crippen MR) is 102 cm³/mol. The molecule has 0 saturated heterocycles. The number of hydrogen-bond donors (Lipinski definition) is 2. The first-order valence-corrected chi connectivity index (χ1v) is 10.1. The van der Waals surface area contributed by atoms with Crippen LogP contribution >= 0.6 is 0 Å². The van der Waals surface area contributed by atoms with Gasteiger partial charge in [0.2, 0.25) is 0 Å². The summed E-state index contributed by atoms with van der Waals surface area (Å²) in [5.74, 6) is 5.82. The van der Waals surface area contributed by atoms with Crippen LogP contribution in [0.15, 0.2) is 34.3 Å². The number of hydrazone groups is 1. The van der Waals surface area contributed by atoms with Crippen molar-refractivity contribution in [3.63, 3.8) is 0 Å². The van der Waals surface area contributed by atoms with E-state index < -0.39 is 15.6 Å². The molecule has 0 amide bonds. The highest BCUT2D eigenvalue weighted by Gasteiger charge is 2.28. The molecular formula is C19H28N2O3S. The smallest absolute Gasteiger partial charge is 0.276 e. The molecule has 0 aliphatic heterocycles. The summed E-state index contributed by atoms with van der Waals surface area (Å²) in [6.45, 7) is 7.57. The van der Waals surface area contributed by atoms with Crippen molar-refractivity contribution >= 4 is 15.7 Å². The fourth-order valence-electron chi connectivity index (χ4n) is 2.19. The molecule has 0 radical (unpaired) electrons. The number of unbranched alkanes of at least 4 members (excludes halogenated alkanes) is 2. The summed E-state index contributed by atoms with van der Waals surface area (Å²) in [6, 6.07) is 6.49. The molecule has 2 N–H and O–H groups in total. The van der Waals surface area contributed by atoms with Crippen molar-refractivity contribution in [2.75, 3.05) is 0 Å². The summed E-state index contributed by atoms with van der Waals surface area (Å²) >= 11 is 0. The van der Waals surface area contributed by atoms with Crippen LogP contribution < -0.4 is 4.83 Å². The summed E-state index contributed by atoms with van der Waals surface area (Å²) in [6.07, 6.45) is 3.43. The minimum Gasteiger partial charge on any atom is -0.372 e. The summed E-state index contributed by atoms with van der Waals surface area (Å²) in [5.41, 5.74) is -0.132. The summed E-state index contributed by atoms with van der Waals surface area (Å²) < 4.78 is 24.7. The van der Waals surface area contributed by atoms with Crippen LogP contribution in [-0.2, 0) is 10.0 Å². The second kappa shape index (κ2) is 9.59. The van der Waals surface area contributed by atoms with Gasteiger partial charge in [0, 0.05) is 6.42 Å². The number of aryl methyl sites for hydroxylation is 1. The Bertz CT molecular complexity index is 743. The van der Waals surface area contributed by atoms with Crippen LogP contribution in [0.3, 0.4) is 0 Å². The van der Waals surface area contributed by atoms with Crippen LogP contribution in [-0.4, -0.2) is 24.8 Å². The number of benzene rings is 1. The lowest BCUT2D eigenvalue weighted by Crippen LogP contribution is -2.38. The van der Waals surface area contributed by atoms with Gasteiger partial charge in [-0.05, 0) is 38.3 Å². The van der Waals surface area contributed by atoms with E-state index in [1.54, 1.807) is 19.1 Å². The Balaban J connectivity index is 3.03. The van der Waals surface area contributed by atoms with Gasteiger partial charge < -0.3 is 5.11 Å². The minimum atomic E-state index is -3.78. The van der Waals surface area contributed by atoms with E-state index in [1.165, 1.54) is 12.1 Å². The van der Waals surface area contributed by atoms with Crippen LogP contribution in [0.2, 0.25) is 0 Å². The quantitative estimate of drug-likeness (QED) is 0.321. The summed E-state index contributed by atoms with van der Waals surface area (Å²) in [7, 11) is -3.78. The van der Waals surface area contributed by atoms with Gasteiger partial charge in [0.05, 0.1) is 10.6 Å². The molecule has 1 aromatic rings. The van der Waals surface area contributed by atoms with Gasteiger partial charge in [0.25, 0.3) is 10.0 Å². The standard InChI is InChI=1S/C19H28N2O3S/c1-5-8-9-10-15-19(22,7-3)18(6-2)20-21-25(23,24)17-13-11-16(4)12-14-17/h11-14,21-22H,5-9H2,1-4H3/b20-18+. The number of nitrogens with one attached hydrogen (secondary N) is 1. The molecule has 0 saturated carbocycles. The Kier molecular flexibility index (Phi) is 8.14. The highest BCUT2D eigenvalue weighted by molar-refractivity contribution is 7.89. The Morgan fingerprint density at radius 3 is 2.40 bits per heavy atom. The van der Waals surface area contributed by atoms with E-state index in [0.717, 1.165) is 18.4 Å². The van der Waals surface area contributed by atoms with E-state index in [2.05, 4.69) is 28.7 Å². The van der Waals surface area contributed by atoms with Crippen molar-refractivity contribution in [2.24, 2.45) is 5.10 Å². The molecule has 1 atom stereocenters. The van der Waals surface area contributed by atoms with Gasteiger partial charge in [0.15, 0.2) is 5.60 Å². The van der Waals surface area contributed by atoms with E-state index in [-0.39, 0.29) is 4.90 Å². The monoisotopic (exact) mass is 364 g/mol. The lowest BCUT2D eigenvalue weighted by molar-refractivity contribution is 0.166. The predicted octanol–water partition coefficient (Wildman–Crippen LogP) is 3.37. The molecule has 1 aromatic carbocycles. The lowest BCUT2D eigenvalue weighted by atomic mass is 9.93. The highest BCUT2D eigenvalue weighted by Crippen LogP contribution is 2.15. The SMILES string of the molecule is CCCCC#CC(O)(CC)/C(CC)=N/NS(=O)(=O)c1ccc(C)cc1. The maximum atomic E-state index is 12.3. The Hall–Kier alpha value is -1.84. The van der Waals surface area contributed by atoms with Gasteiger partial charge in [-0.1, -0.05) is 56.7 Å². The molecule has 0 bridgehead atoms. The molecule has 1 rings (SSSR count). The number of aliphatic hydroxyl groups is 1. The molecule has 25 heavy (non-hydrogen) atoms. The van der Waals surface area contributed by atoms with E-state index in [9.17, 15) is 13.5 Å². The molecule has 0 aliphatic carbocycles. The third-order valence-electron chi connectivity index (χ3n) is 3.91. The van der Waals surface area contributed by atoms with Crippen LogP contribution in [0.5, 0.6) is 0 Å². The first-order chi connectivity index (χ1) is 11.8. The Labute approximate surface area is 151 Å². The lowest BCUT2D eigenvalue weighted by Gasteiger charge is -2.22. The van der Waals surface area contributed by atoms with Gasteiger partial charge in [-0.15, -0.1) is 0 Å². The zero-order valence-electron chi connectivity index (χ0n) is 15.5. The summed E-state index contributed by atoms with van der Waals surface area (Å²) in [4.78, 5) is 2.35. The molecule has 0 heterocycles. The first kappa shape index (κ1) is 21.2. The molecule has 0 fully saturated rings. The molecule has 0 aliphatic rings. The van der Waals surface area contributed by atoms with E-state index >= 15 is 0 Å². The maximum absolute atomic E-state index is 12.3. The second-order valence-corrected chi connectivity index (χ2v) is 7.60. The van der Waals surface area contributed by atoms with E-state index in [1.807, 2.05) is 13.8 Å². The average Bonchev–Trinajstić information content (AvgIpc) is 2.59. The van der Waals surface area contributed by atoms with Crippen LogP contribution in [0.25, 0.3) is 0 Å². The van der Waals surface area contributed by atoms with Gasteiger partial charge in [-0.25, -0.2) is 0 Å². The normalized spacial score (nSPS) is 14.4. The Morgan fingerprint density at radius 1 is 1.24 bits per heavy atom. The van der Waals surface area contributed by atoms with Crippen molar-refractivity contribution in [2.45, 2.75) is 70.3 Å².